The number of benzene rings is 2. The highest BCUT2D eigenvalue weighted by molar-refractivity contribution is 6.31. The van der Waals surface area contributed by atoms with Gasteiger partial charge in [0.2, 0.25) is 0 Å². The first-order chi connectivity index (χ1) is 15.3. The van der Waals surface area contributed by atoms with Crippen molar-refractivity contribution in [1.29, 1.82) is 0 Å². The number of carbonyl (C=O) groups excluding carboxylic acids is 3. The fraction of sp³-hybridized carbons (Fsp3) is 0.0909. The number of urea groups is 1. The molecule has 0 unspecified atom stereocenters. The maximum absolute atomic E-state index is 13.0. The second-order valence-electron chi connectivity index (χ2n) is 6.71. The first kappa shape index (κ1) is 23.1. The van der Waals surface area contributed by atoms with Crippen LogP contribution in [0.3, 0.4) is 0 Å². The molecule has 10 heteroatoms. The molecule has 8 nitrogen and oxygen atoms in total. The molecule has 0 saturated carbocycles. The van der Waals surface area contributed by atoms with Crippen molar-refractivity contribution in [3.8, 4) is 0 Å². The zero-order valence-electron chi connectivity index (χ0n) is 17.1. The standard InChI is InChI=1S/C22H19Cl2N5O3/c1-12-3-6-15(18(9-12)28-22(32)25-2)20(30)27-17-7-4-13(23)10-16(17)21(31)29-19-8-5-14(24)11-26-19/h3-11H,1-2H3,(H,27,30)(H2,25,28,32)(H,26,29,31). The number of aryl methyl sites for hydroxylation is 1. The predicted molar refractivity (Wildman–Crippen MR) is 126 cm³/mol. The van der Waals surface area contributed by atoms with Crippen LogP contribution in [0.1, 0.15) is 26.3 Å². The molecule has 164 valence electrons. The van der Waals surface area contributed by atoms with Gasteiger partial charge in [0.05, 0.1) is 27.5 Å². The summed E-state index contributed by atoms with van der Waals surface area (Å²) in [5.74, 6) is -0.755. The minimum absolute atomic E-state index is 0.135. The van der Waals surface area contributed by atoms with E-state index in [-0.39, 0.29) is 22.6 Å². The van der Waals surface area contributed by atoms with Crippen molar-refractivity contribution in [3.63, 3.8) is 0 Å². The van der Waals surface area contributed by atoms with Gasteiger partial charge in [-0.25, -0.2) is 9.78 Å². The summed E-state index contributed by atoms with van der Waals surface area (Å²) >= 11 is 11.9. The summed E-state index contributed by atoms with van der Waals surface area (Å²) in [4.78, 5) is 41.6. The highest BCUT2D eigenvalue weighted by atomic mass is 35.5. The molecule has 1 aromatic heterocycles. The van der Waals surface area contributed by atoms with Crippen molar-refractivity contribution in [1.82, 2.24) is 10.3 Å². The van der Waals surface area contributed by atoms with Gasteiger partial charge >= 0.3 is 6.03 Å². The van der Waals surface area contributed by atoms with E-state index in [2.05, 4.69) is 26.3 Å². The van der Waals surface area contributed by atoms with Gasteiger partial charge in [-0.3, -0.25) is 9.59 Å². The third-order valence-electron chi connectivity index (χ3n) is 4.34. The van der Waals surface area contributed by atoms with Crippen LogP contribution in [-0.2, 0) is 0 Å². The Morgan fingerprint density at radius 2 is 1.50 bits per heavy atom. The number of hydrogen-bond acceptors (Lipinski definition) is 4. The lowest BCUT2D eigenvalue weighted by Gasteiger charge is -2.14. The van der Waals surface area contributed by atoms with E-state index in [9.17, 15) is 14.4 Å². The molecule has 0 bridgehead atoms. The number of pyridine rings is 1. The van der Waals surface area contributed by atoms with E-state index < -0.39 is 17.8 Å². The minimum Gasteiger partial charge on any atom is -0.341 e. The topological polar surface area (TPSA) is 112 Å². The maximum Gasteiger partial charge on any atom is 0.318 e. The van der Waals surface area contributed by atoms with Gasteiger partial charge in [0.15, 0.2) is 0 Å². The molecule has 0 aliphatic rings. The predicted octanol–water partition coefficient (Wildman–Crippen LogP) is 4.95. The van der Waals surface area contributed by atoms with Gasteiger partial charge in [0.25, 0.3) is 11.8 Å². The Kier molecular flexibility index (Phi) is 7.29. The Morgan fingerprint density at radius 3 is 2.19 bits per heavy atom. The van der Waals surface area contributed by atoms with Crippen LogP contribution < -0.4 is 21.3 Å². The summed E-state index contributed by atoms with van der Waals surface area (Å²) in [5, 5.41) is 11.2. The van der Waals surface area contributed by atoms with Gasteiger partial charge < -0.3 is 21.3 Å². The van der Waals surface area contributed by atoms with Crippen molar-refractivity contribution in [3.05, 3.63) is 81.5 Å². The second-order valence-corrected chi connectivity index (χ2v) is 7.59. The SMILES string of the molecule is CNC(=O)Nc1cc(C)ccc1C(=O)Nc1ccc(Cl)cc1C(=O)Nc1ccc(Cl)cn1. The Bertz CT molecular complexity index is 1180. The van der Waals surface area contributed by atoms with E-state index in [1.807, 2.05) is 6.92 Å². The lowest BCUT2D eigenvalue weighted by Crippen LogP contribution is -2.26. The zero-order chi connectivity index (χ0) is 23.3. The fourth-order valence-electron chi connectivity index (χ4n) is 2.78. The molecule has 3 aromatic rings. The molecule has 32 heavy (non-hydrogen) atoms. The highest BCUT2D eigenvalue weighted by Gasteiger charge is 2.18. The molecule has 2 aromatic carbocycles. The van der Waals surface area contributed by atoms with E-state index in [0.717, 1.165) is 5.56 Å². The molecule has 0 aliphatic heterocycles. The molecule has 0 atom stereocenters. The van der Waals surface area contributed by atoms with Gasteiger partial charge in [0.1, 0.15) is 5.82 Å². The third-order valence-corrected chi connectivity index (χ3v) is 4.80. The number of rotatable bonds is 5. The number of nitrogens with one attached hydrogen (secondary N) is 4. The van der Waals surface area contributed by atoms with Crippen LogP contribution in [0.4, 0.5) is 22.0 Å². The zero-order valence-corrected chi connectivity index (χ0v) is 18.6. The van der Waals surface area contributed by atoms with Crippen molar-refractivity contribution < 1.29 is 14.4 Å². The van der Waals surface area contributed by atoms with Crippen LogP contribution in [0.5, 0.6) is 0 Å². The molecule has 0 fully saturated rings. The molecule has 0 spiro atoms. The Balaban J connectivity index is 1.88. The monoisotopic (exact) mass is 471 g/mol. The average molecular weight is 472 g/mol. The molecule has 3 rings (SSSR count). The van der Waals surface area contributed by atoms with Gasteiger partial charge in [0, 0.05) is 18.3 Å². The number of nitrogens with zero attached hydrogens (tertiary/aromatic N) is 1. The van der Waals surface area contributed by atoms with Crippen molar-refractivity contribution in [2.24, 2.45) is 0 Å². The number of carbonyl (C=O) groups is 3. The molecule has 4 amide bonds. The van der Waals surface area contributed by atoms with Crippen LogP contribution in [0.15, 0.2) is 54.7 Å². The molecule has 4 N–H and O–H groups in total. The highest BCUT2D eigenvalue weighted by Crippen LogP contribution is 2.25. The minimum atomic E-state index is -0.523. The maximum atomic E-state index is 13.0. The number of hydrogen-bond donors (Lipinski definition) is 4. The largest absolute Gasteiger partial charge is 0.341 e. The van der Waals surface area contributed by atoms with Crippen molar-refractivity contribution >= 4 is 58.2 Å². The lowest BCUT2D eigenvalue weighted by molar-refractivity contribution is 0.102. The fourth-order valence-corrected chi connectivity index (χ4v) is 3.06. The van der Waals surface area contributed by atoms with Gasteiger partial charge in [-0.2, -0.15) is 0 Å². The summed E-state index contributed by atoms with van der Waals surface area (Å²) in [7, 11) is 1.47. The molecule has 0 aliphatic carbocycles. The number of anilines is 3. The van der Waals surface area contributed by atoms with Crippen LogP contribution in [0.25, 0.3) is 0 Å². The average Bonchev–Trinajstić information content (AvgIpc) is 2.76. The quantitative estimate of drug-likeness (QED) is 0.421. The Labute approximate surface area is 194 Å². The van der Waals surface area contributed by atoms with Gasteiger partial charge in [-0.05, 0) is 55.0 Å². The van der Waals surface area contributed by atoms with Crippen molar-refractivity contribution in [2.45, 2.75) is 6.92 Å². The van der Waals surface area contributed by atoms with Crippen LogP contribution >= 0.6 is 23.2 Å². The van der Waals surface area contributed by atoms with E-state index in [1.54, 1.807) is 36.4 Å². The number of halogens is 2. The Morgan fingerprint density at radius 1 is 0.781 bits per heavy atom. The molecule has 0 saturated heterocycles. The van der Waals surface area contributed by atoms with Gasteiger partial charge in [-0.1, -0.05) is 29.3 Å². The Hall–Kier alpha value is -3.62. The van der Waals surface area contributed by atoms with E-state index >= 15 is 0 Å². The van der Waals surface area contributed by atoms with E-state index in [1.165, 1.54) is 25.4 Å². The van der Waals surface area contributed by atoms with Gasteiger partial charge in [-0.15, -0.1) is 0 Å². The molecule has 1 heterocycles. The first-order valence-corrected chi connectivity index (χ1v) is 10.2. The summed E-state index contributed by atoms with van der Waals surface area (Å²) in [6.07, 6.45) is 1.40. The summed E-state index contributed by atoms with van der Waals surface area (Å²) in [5.41, 5.74) is 1.77. The van der Waals surface area contributed by atoms with E-state index in [0.29, 0.717) is 15.7 Å². The summed E-state index contributed by atoms with van der Waals surface area (Å²) < 4.78 is 0. The molecular weight excluding hydrogens is 453 g/mol. The van der Waals surface area contributed by atoms with Crippen LogP contribution in [0, 0.1) is 6.92 Å². The normalized spacial score (nSPS) is 10.2. The first-order valence-electron chi connectivity index (χ1n) is 9.40. The smallest absolute Gasteiger partial charge is 0.318 e. The number of aromatic nitrogens is 1. The third kappa shape index (κ3) is 5.75. The molecular formula is C22H19Cl2N5O3. The number of amides is 4. The van der Waals surface area contributed by atoms with Crippen molar-refractivity contribution in [2.75, 3.05) is 23.0 Å². The summed E-state index contributed by atoms with van der Waals surface area (Å²) in [6, 6.07) is 12.2. The summed E-state index contributed by atoms with van der Waals surface area (Å²) in [6.45, 7) is 1.84. The molecule has 0 radical (unpaired) electrons. The van der Waals surface area contributed by atoms with Crippen LogP contribution in [0.2, 0.25) is 10.0 Å². The lowest BCUT2D eigenvalue weighted by atomic mass is 10.1. The van der Waals surface area contributed by atoms with Crippen LogP contribution in [-0.4, -0.2) is 29.9 Å². The van der Waals surface area contributed by atoms with E-state index in [4.69, 9.17) is 23.2 Å². The second kappa shape index (κ2) is 10.1.